The molecule has 0 amide bonds. The van der Waals surface area contributed by atoms with Gasteiger partial charge in [0.25, 0.3) is 0 Å². The topological polar surface area (TPSA) is 21.3 Å². The molecule has 14 aromatic rings. The summed E-state index contributed by atoms with van der Waals surface area (Å²) in [7, 11) is 0. The van der Waals surface area contributed by atoms with Crippen molar-refractivity contribution in [3.8, 4) is 50.2 Å². The summed E-state index contributed by atoms with van der Waals surface area (Å²) in [6.45, 7) is 0. The zero-order valence-electron chi connectivity index (χ0n) is 38.7. The molecule has 2 heterocycles. The van der Waals surface area contributed by atoms with Crippen molar-refractivity contribution in [3.05, 3.63) is 267 Å². The number of furan rings is 1. The van der Waals surface area contributed by atoms with E-state index >= 15 is 0 Å². The van der Waals surface area contributed by atoms with Gasteiger partial charge in [0, 0.05) is 44.3 Å². The van der Waals surface area contributed by atoms with Crippen LogP contribution in [0.25, 0.3) is 115 Å². The first kappa shape index (κ1) is 40.6. The van der Waals surface area contributed by atoms with E-state index in [1.165, 1.54) is 71.2 Å². The fourth-order valence-electron chi connectivity index (χ4n) is 10.9. The zero-order chi connectivity index (χ0) is 46.8. The fraction of sp³-hybridized carbons (Fsp3) is 0. The van der Waals surface area contributed by atoms with Gasteiger partial charge in [0.1, 0.15) is 11.2 Å². The summed E-state index contributed by atoms with van der Waals surface area (Å²) in [6.07, 6.45) is 0. The summed E-state index contributed by atoms with van der Waals surface area (Å²) < 4.78 is 8.72. The minimum atomic E-state index is 0.888. The Morgan fingerprint density at radius 3 is 1.45 bits per heavy atom. The molecule has 0 aliphatic heterocycles. The van der Waals surface area contributed by atoms with Gasteiger partial charge >= 0.3 is 0 Å². The minimum Gasteiger partial charge on any atom is -0.456 e. The molecule has 0 saturated heterocycles. The van der Waals surface area contributed by atoms with Crippen molar-refractivity contribution in [2.75, 3.05) is 4.90 Å². The Labute approximate surface area is 411 Å². The van der Waals surface area contributed by atoms with E-state index in [0.29, 0.717) is 0 Å². The highest BCUT2D eigenvalue weighted by molar-refractivity contribution is 6.10. The molecule has 332 valence electrons. The summed E-state index contributed by atoms with van der Waals surface area (Å²) in [4.78, 5) is 2.36. The standard InChI is InChI=1S/C68H44N2O/c1-2-19-59-47(12-1)26-27-54-41-52(32-38-60(54)59)46-30-36-56(37-31-46)69(57-17-10-16-51(42-57)53-33-39-64-63-22-5-8-25-67(63)71-68(64)44-53)55-34-28-45(29-35-55)48-13-9-14-49(40-48)50-15-11-18-58(43-50)70-65-23-6-3-20-61(65)62-21-4-7-24-66(62)70/h1-44H. The molecule has 14 rings (SSSR count). The molecule has 0 spiro atoms. The van der Waals surface area contributed by atoms with Crippen molar-refractivity contribution < 1.29 is 4.42 Å². The second-order valence-electron chi connectivity index (χ2n) is 18.5. The number of hydrogen-bond acceptors (Lipinski definition) is 2. The molecule has 0 fully saturated rings. The zero-order valence-corrected chi connectivity index (χ0v) is 38.7. The molecule has 12 aromatic carbocycles. The van der Waals surface area contributed by atoms with E-state index < -0.39 is 0 Å². The predicted molar refractivity (Wildman–Crippen MR) is 299 cm³/mol. The Kier molecular flexibility index (Phi) is 9.53. The highest BCUT2D eigenvalue weighted by Gasteiger charge is 2.17. The Bertz CT molecular complexity index is 4290. The number of nitrogens with zero attached hydrogens (tertiary/aromatic N) is 2. The smallest absolute Gasteiger partial charge is 0.136 e. The van der Waals surface area contributed by atoms with Crippen LogP contribution in [0.3, 0.4) is 0 Å². The van der Waals surface area contributed by atoms with Crippen LogP contribution < -0.4 is 4.90 Å². The molecule has 0 saturated carbocycles. The van der Waals surface area contributed by atoms with E-state index in [1.54, 1.807) is 0 Å². The molecule has 3 heteroatoms. The van der Waals surface area contributed by atoms with Crippen LogP contribution in [0.5, 0.6) is 0 Å². The number of rotatable bonds is 8. The monoisotopic (exact) mass is 904 g/mol. The first-order valence-corrected chi connectivity index (χ1v) is 24.3. The number of anilines is 3. The van der Waals surface area contributed by atoms with Crippen LogP contribution in [-0.4, -0.2) is 4.57 Å². The number of fused-ring (bicyclic) bond motifs is 9. The number of benzene rings is 12. The van der Waals surface area contributed by atoms with Crippen LogP contribution in [-0.2, 0) is 0 Å². The van der Waals surface area contributed by atoms with E-state index in [1.807, 2.05) is 12.1 Å². The van der Waals surface area contributed by atoms with Crippen LogP contribution >= 0.6 is 0 Å². The molecule has 0 atom stereocenters. The second kappa shape index (κ2) is 16.7. The van der Waals surface area contributed by atoms with Crippen LogP contribution in [0, 0.1) is 0 Å². The minimum absolute atomic E-state index is 0.888. The Morgan fingerprint density at radius 1 is 0.254 bits per heavy atom. The van der Waals surface area contributed by atoms with Crippen molar-refractivity contribution in [3.63, 3.8) is 0 Å². The van der Waals surface area contributed by atoms with Gasteiger partial charge in [0.2, 0.25) is 0 Å². The Balaban J connectivity index is 0.822. The third kappa shape index (κ3) is 7.06. The second-order valence-corrected chi connectivity index (χ2v) is 18.5. The summed E-state index contributed by atoms with van der Waals surface area (Å²) in [5.41, 5.74) is 17.8. The lowest BCUT2D eigenvalue weighted by Crippen LogP contribution is -2.10. The molecule has 71 heavy (non-hydrogen) atoms. The van der Waals surface area contributed by atoms with Gasteiger partial charge in [-0.1, -0.05) is 176 Å². The van der Waals surface area contributed by atoms with Gasteiger partial charge in [-0.15, -0.1) is 0 Å². The maximum atomic E-state index is 6.34. The molecule has 0 aliphatic carbocycles. The highest BCUT2D eigenvalue weighted by Crippen LogP contribution is 2.41. The summed E-state index contributed by atoms with van der Waals surface area (Å²) in [5, 5.41) is 9.83. The van der Waals surface area contributed by atoms with Crippen LogP contribution in [0.1, 0.15) is 0 Å². The summed E-state index contributed by atoms with van der Waals surface area (Å²) in [5.74, 6) is 0. The molecule has 0 N–H and O–H groups in total. The van der Waals surface area contributed by atoms with Crippen molar-refractivity contribution >= 4 is 82.4 Å². The van der Waals surface area contributed by atoms with E-state index in [0.717, 1.165) is 61.4 Å². The molecule has 3 nitrogen and oxygen atoms in total. The number of para-hydroxylation sites is 3. The molecule has 0 bridgehead atoms. The summed E-state index contributed by atoms with van der Waals surface area (Å²) in [6, 6.07) is 96.8. The lowest BCUT2D eigenvalue weighted by atomic mass is 9.97. The number of aromatic nitrogens is 1. The molecule has 0 unspecified atom stereocenters. The maximum absolute atomic E-state index is 6.34. The van der Waals surface area contributed by atoms with E-state index in [4.69, 9.17) is 4.42 Å². The third-order valence-corrected chi connectivity index (χ3v) is 14.4. The Morgan fingerprint density at radius 2 is 0.732 bits per heavy atom. The Hall–Kier alpha value is -9.44. The van der Waals surface area contributed by atoms with Crippen molar-refractivity contribution in [1.29, 1.82) is 0 Å². The van der Waals surface area contributed by atoms with Crippen molar-refractivity contribution in [2.45, 2.75) is 0 Å². The predicted octanol–water partition coefficient (Wildman–Crippen LogP) is 19.1. The van der Waals surface area contributed by atoms with E-state index in [-0.39, 0.29) is 0 Å². The van der Waals surface area contributed by atoms with Crippen LogP contribution in [0.15, 0.2) is 271 Å². The first-order chi connectivity index (χ1) is 35.2. The normalized spacial score (nSPS) is 11.7. The number of hydrogen-bond donors (Lipinski definition) is 0. The quantitative estimate of drug-likeness (QED) is 0.142. The van der Waals surface area contributed by atoms with Crippen LogP contribution in [0.2, 0.25) is 0 Å². The average Bonchev–Trinajstić information content (AvgIpc) is 3.99. The van der Waals surface area contributed by atoms with Crippen LogP contribution in [0.4, 0.5) is 17.1 Å². The van der Waals surface area contributed by atoms with Gasteiger partial charge in [0.15, 0.2) is 0 Å². The van der Waals surface area contributed by atoms with Gasteiger partial charge in [-0.2, -0.15) is 0 Å². The van der Waals surface area contributed by atoms with Gasteiger partial charge in [-0.25, -0.2) is 0 Å². The van der Waals surface area contributed by atoms with E-state index in [2.05, 4.69) is 264 Å². The lowest BCUT2D eigenvalue weighted by Gasteiger charge is -2.26. The molecule has 2 aromatic heterocycles. The van der Waals surface area contributed by atoms with Crippen molar-refractivity contribution in [1.82, 2.24) is 4.57 Å². The molecule has 0 aliphatic rings. The van der Waals surface area contributed by atoms with Gasteiger partial charge in [0.05, 0.1) is 11.0 Å². The largest absolute Gasteiger partial charge is 0.456 e. The summed E-state index contributed by atoms with van der Waals surface area (Å²) >= 11 is 0. The SMILES string of the molecule is c1cc(-c2ccc(N(c3ccc(-c4ccc5c(ccc6ccccc65)c4)cc3)c3cccc(-c4ccc5c(c4)oc4ccccc45)c3)cc2)cc(-c2cccc(-n3c4ccccc4c4ccccc43)c2)c1. The molecular formula is C68H44N2O. The molecule has 0 radical (unpaired) electrons. The molecular weight excluding hydrogens is 861 g/mol. The third-order valence-electron chi connectivity index (χ3n) is 14.4. The van der Waals surface area contributed by atoms with Crippen molar-refractivity contribution in [2.24, 2.45) is 0 Å². The highest BCUT2D eigenvalue weighted by atomic mass is 16.3. The lowest BCUT2D eigenvalue weighted by molar-refractivity contribution is 0.669. The van der Waals surface area contributed by atoms with Gasteiger partial charge in [-0.3, -0.25) is 0 Å². The fourth-order valence-corrected chi connectivity index (χ4v) is 10.9. The first-order valence-electron chi connectivity index (χ1n) is 24.3. The average molecular weight is 905 g/mol. The van der Waals surface area contributed by atoms with Gasteiger partial charge < -0.3 is 13.9 Å². The van der Waals surface area contributed by atoms with E-state index in [9.17, 15) is 0 Å². The van der Waals surface area contributed by atoms with Gasteiger partial charge in [-0.05, 0) is 157 Å². The maximum Gasteiger partial charge on any atom is 0.136 e.